The van der Waals surface area contributed by atoms with E-state index in [2.05, 4.69) is 83.0 Å². The Hall–Kier alpha value is -4.03. The van der Waals surface area contributed by atoms with Gasteiger partial charge in [0.2, 0.25) is 0 Å². The Kier molecular flexibility index (Phi) is 6.08. The maximum atomic E-state index is 4.89. The van der Waals surface area contributed by atoms with Crippen LogP contribution in [-0.2, 0) is 13.1 Å². The van der Waals surface area contributed by atoms with Crippen molar-refractivity contribution in [1.29, 1.82) is 0 Å². The molecule has 0 unspecified atom stereocenters. The van der Waals surface area contributed by atoms with E-state index >= 15 is 0 Å². The highest BCUT2D eigenvalue weighted by Crippen LogP contribution is 2.23. The average Bonchev–Trinajstić information content (AvgIpc) is 3.54. The van der Waals surface area contributed by atoms with Crippen LogP contribution >= 0.6 is 0 Å². The first-order valence-corrected chi connectivity index (χ1v) is 11.1. The van der Waals surface area contributed by atoms with E-state index in [0.29, 0.717) is 6.54 Å². The second-order valence-electron chi connectivity index (χ2n) is 8.09. The summed E-state index contributed by atoms with van der Waals surface area (Å²) < 4.78 is 4.02. The first-order chi connectivity index (χ1) is 16.3. The third kappa shape index (κ3) is 4.91. The molecule has 5 rings (SSSR count). The lowest BCUT2D eigenvalue weighted by Gasteiger charge is -2.15. The molecule has 0 aliphatic rings. The van der Waals surface area contributed by atoms with Gasteiger partial charge in [0.05, 0.1) is 18.6 Å². The molecule has 6 nitrogen and oxygen atoms in total. The molecule has 0 aliphatic heterocycles. The molecule has 1 atom stereocenters. The Morgan fingerprint density at radius 1 is 0.909 bits per heavy atom. The van der Waals surface area contributed by atoms with Gasteiger partial charge in [0, 0.05) is 60.4 Å². The highest BCUT2D eigenvalue weighted by atomic mass is 15.3. The highest BCUT2D eigenvalue weighted by Gasteiger charge is 2.14. The molecule has 3 heterocycles. The van der Waals surface area contributed by atoms with Gasteiger partial charge in [0.15, 0.2) is 0 Å². The maximum Gasteiger partial charge on any atom is 0.0991 e. The van der Waals surface area contributed by atoms with E-state index in [-0.39, 0.29) is 6.04 Å². The molecule has 0 radical (unpaired) electrons. The molecule has 0 amide bonds. The number of pyridine rings is 1. The van der Waals surface area contributed by atoms with Crippen molar-refractivity contribution in [3.05, 3.63) is 121 Å². The minimum absolute atomic E-state index is 0.195. The van der Waals surface area contributed by atoms with E-state index in [1.54, 1.807) is 12.4 Å². The van der Waals surface area contributed by atoms with Crippen molar-refractivity contribution < 1.29 is 0 Å². The topological polar surface area (TPSA) is 60.6 Å². The van der Waals surface area contributed by atoms with Crippen LogP contribution in [0.3, 0.4) is 0 Å². The smallest absolute Gasteiger partial charge is 0.0991 e. The van der Waals surface area contributed by atoms with Crippen molar-refractivity contribution in [3.63, 3.8) is 0 Å². The van der Waals surface area contributed by atoms with E-state index in [9.17, 15) is 0 Å². The number of imidazole rings is 1. The maximum absolute atomic E-state index is 4.89. The van der Waals surface area contributed by atoms with Crippen LogP contribution < -0.4 is 5.32 Å². The first-order valence-electron chi connectivity index (χ1n) is 11.1. The SMILES string of the molecule is C[C@H](NCc1cn(Cc2ccccc2)nc1-c1cccnc1)c1ccc(-n2ccnc2)cc1. The van der Waals surface area contributed by atoms with Gasteiger partial charge >= 0.3 is 0 Å². The lowest BCUT2D eigenvalue weighted by Crippen LogP contribution is -2.18. The predicted octanol–water partition coefficient (Wildman–Crippen LogP) is 5.03. The first kappa shape index (κ1) is 20.8. The van der Waals surface area contributed by atoms with E-state index < -0.39 is 0 Å². The minimum Gasteiger partial charge on any atom is -0.306 e. The molecule has 0 saturated heterocycles. The van der Waals surface area contributed by atoms with Crippen LogP contribution in [0.4, 0.5) is 0 Å². The Morgan fingerprint density at radius 3 is 2.48 bits per heavy atom. The summed E-state index contributed by atoms with van der Waals surface area (Å²) in [5.74, 6) is 0. The van der Waals surface area contributed by atoms with Gasteiger partial charge in [-0.1, -0.05) is 42.5 Å². The second kappa shape index (κ2) is 9.63. The zero-order chi connectivity index (χ0) is 22.5. The minimum atomic E-state index is 0.195. The average molecular weight is 435 g/mol. The Labute approximate surface area is 193 Å². The molecular formula is C27H26N6. The van der Waals surface area contributed by atoms with Gasteiger partial charge in [0.1, 0.15) is 0 Å². The second-order valence-corrected chi connectivity index (χ2v) is 8.09. The van der Waals surface area contributed by atoms with Crippen LogP contribution in [0.15, 0.2) is 104 Å². The van der Waals surface area contributed by atoms with Crippen molar-refractivity contribution in [2.45, 2.75) is 26.1 Å². The lowest BCUT2D eigenvalue weighted by atomic mass is 10.1. The van der Waals surface area contributed by atoms with E-state index in [0.717, 1.165) is 29.1 Å². The molecular weight excluding hydrogens is 408 g/mol. The predicted molar refractivity (Wildman–Crippen MR) is 130 cm³/mol. The summed E-state index contributed by atoms with van der Waals surface area (Å²) in [5.41, 5.74) is 6.71. The van der Waals surface area contributed by atoms with Crippen LogP contribution in [0.2, 0.25) is 0 Å². The fraction of sp³-hybridized carbons (Fsp3) is 0.148. The number of nitrogens with zero attached hydrogens (tertiary/aromatic N) is 5. The van der Waals surface area contributed by atoms with Gasteiger partial charge < -0.3 is 9.88 Å². The van der Waals surface area contributed by atoms with Crippen LogP contribution in [0, 0.1) is 0 Å². The number of nitrogens with one attached hydrogen (secondary N) is 1. The van der Waals surface area contributed by atoms with Crippen molar-refractivity contribution in [1.82, 2.24) is 29.6 Å². The molecule has 0 bridgehead atoms. The van der Waals surface area contributed by atoms with E-state index in [4.69, 9.17) is 5.10 Å². The molecule has 3 aromatic heterocycles. The fourth-order valence-electron chi connectivity index (χ4n) is 3.92. The van der Waals surface area contributed by atoms with Gasteiger partial charge in [-0.25, -0.2) is 4.98 Å². The van der Waals surface area contributed by atoms with E-state index in [1.165, 1.54) is 11.1 Å². The van der Waals surface area contributed by atoms with Crippen LogP contribution in [0.5, 0.6) is 0 Å². The van der Waals surface area contributed by atoms with Gasteiger partial charge in [-0.2, -0.15) is 5.10 Å². The molecule has 5 aromatic rings. The standard InChI is InChI=1S/C27H26N6/c1-21(23-9-11-26(12-10-23)32-15-14-29-20-32)30-17-25-19-33(18-22-6-3-2-4-7-22)31-27(25)24-8-5-13-28-16-24/h2-16,19-21,30H,17-18H2,1H3/t21-/m0/s1. The lowest BCUT2D eigenvalue weighted by molar-refractivity contribution is 0.574. The molecule has 164 valence electrons. The molecule has 1 N–H and O–H groups in total. The summed E-state index contributed by atoms with van der Waals surface area (Å²) in [6.07, 6.45) is 11.3. The largest absolute Gasteiger partial charge is 0.306 e. The molecule has 0 aliphatic carbocycles. The van der Waals surface area contributed by atoms with Gasteiger partial charge in [-0.3, -0.25) is 9.67 Å². The number of rotatable bonds is 8. The molecule has 0 spiro atoms. The number of benzene rings is 2. The van der Waals surface area contributed by atoms with Gasteiger partial charge in [-0.15, -0.1) is 0 Å². The van der Waals surface area contributed by atoms with Gasteiger partial charge in [-0.05, 0) is 42.3 Å². The van der Waals surface area contributed by atoms with Crippen LogP contribution in [0.1, 0.15) is 29.7 Å². The van der Waals surface area contributed by atoms with Crippen molar-refractivity contribution in [3.8, 4) is 16.9 Å². The molecule has 33 heavy (non-hydrogen) atoms. The van der Waals surface area contributed by atoms with E-state index in [1.807, 2.05) is 40.1 Å². The van der Waals surface area contributed by atoms with Crippen LogP contribution in [-0.4, -0.2) is 24.3 Å². The number of hydrogen-bond donors (Lipinski definition) is 1. The highest BCUT2D eigenvalue weighted by molar-refractivity contribution is 5.61. The zero-order valence-electron chi connectivity index (χ0n) is 18.5. The Balaban J connectivity index is 1.33. The third-order valence-corrected chi connectivity index (χ3v) is 5.75. The summed E-state index contributed by atoms with van der Waals surface area (Å²) in [6.45, 7) is 3.63. The Bertz CT molecular complexity index is 1280. The van der Waals surface area contributed by atoms with Crippen LogP contribution in [0.25, 0.3) is 16.9 Å². The van der Waals surface area contributed by atoms with Crippen molar-refractivity contribution in [2.24, 2.45) is 0 Å². The normalized spacial score (nSPS) is 12.0. The quantitative estimate of drug-likeness (QED) is 0.372. The summed E-state index contributed by atoms with van der Waals surface area (Å²) in [6, 6.07) is 23.2. The molecule has 0 fully saturated rings. The van der Waals surface area contributed by atoms with Gasteiger partial charge in [0.25, 0.3) is 0 Å². The van der Waals surface area contributed by atoms with Crippen molar-refractivity contribution in [2.75, 3.05) is 0 Å². The summed E-state index contributed by atoms with van der Waals surface area (Å²) in [7, 11) is 0. The molecule has 0 saturated carbocycles. The number of aromatic nitrogens is 5. The third-order valence-electron chi connectivity index (χ3n) is 5.75. The number of hydrogen-bond acceptors (Lipinski definition) is 4. The Morgan fingerprint density at radius 2 is 1.76 bits per heavy atom. The summed E-state index contributed by atoms with van der Waals surface area (Å²) >= 11 is 0. The molecule has 6 heteroatoms. The summed E-state index contributed by atoms with van der Waals surface area (Å²) in [4.78, 5) is 8.41. The van der Waals surface area contributed by atoms with Crippen molar-refractivity contribution >= 4 is 0 Å². The zero-order valence-corrected chi connectivity index (χ0v) is 18.5. The fourth-order valence-corrected chi connectivity index (χ4v) is 3.92. The monoisotopic (exact) mass is 434 g/mol. The summed E-state index contributed by atoms with van der Waals surface area (Å²) in [5, 5.41) is 8.56. The molecule has 2 aromatic carbocycles.